The molecule has 0 spiro atoms. The first-order valence-electron chi connectivity index (χ1n) is 7.54. The number of benzene rings is 1. The van der Waals surface area contributed by atoms with E-state index in [1.807, 2.05) is 0 Å². The average molecular weight is 286 g/mol. The van der Waals surface area contributed by atoms with Gasteiger partial charge in [0.25, 0.3) is 0 Å². The lowest BCUT2D eigenvalue weighted by molar-refractivity contribution is 0.221. The minimum absolute atomic E-state index is 0.00495. The maximum absolute atomic E-state index is 4.80. The van der Waals surface area contributed by atoms with E-state index in [1.165, 1.54) is 12.0 Å². The molecule has 1 N–H and O–H groups in total. The number of rotatable bonds is 4. The summed E-state index contributed by atoms with van der Waals surface area (Å²) in [5, 5.41) is 7.60. The van der Waals surface area contributed by atoms with Crippen molar-refractivity contribution in [2.45, 2.75) is 25.3 Å². The zero-order valence-electron chi connectivity index (χ0n) is 12.5. The average Bonchev–Trinajstić information content (AvgIpc) is 2.96. The van der Waals surface area contributed by atoms with E-state index in [9.17, 15) is 0 Å². The number of aromatic nitrogens is 2. The van der Waals surface area contributed by atoms with Crippen LogP contribution in [0, 0.1) is 0 Å². The van der Waals surface area contributed by atoms with E-state index in [2.05, 4.69) is 57.6 Å². The fourth-order valence-electron chi connectivity index (χ4n) is 3.00. The molecule has 0 bridgehead atoms. The third-order valence-electron chi connectivity index (χ3n) is 4.18. The van der Waals surface area contributed by atoms with E-state index >= 15 is 0 Å². The Balaban J connectivity index is 1.68. The molecule has 0 aliphatic carbocycles. The highest BCUT2D eigenvalue weighted by atomic mass is 16.5. The van der Waals surface area contributed by atoms with E-state index in [0.717, 1.165) is 44.8 Å². The van der Waals surface area contributed by atoms with E-state index in [1.54, 1.807) is 0 Å². The number of hydrogen-bond donors (Lipinski definition) is 1. The molecule has 1 aliphatic heterocycles. The highest BCUT2D eigenvalue weighted by Crippen LogP contribution is 2.24. The predicted octanol–water partition coefficient (Wildman–Crippen LogP) is 1.82. The largest absolute Gasteiger partial charge is 0.343 e. The Morgan fingerprint density at radius 3 is 2.95 bits per heavy atom. The normalized spacial score (nSPS) is 23.9. The van der Waals surface area contributed by atoms with Crippen LogP contribution in [0.15, 0.2) is 41.2 Å². The van der Waals surface area contributed by atoms with E-state index in [4.69, 9.17) is 4.52 Å². The molecule has 1 aromatic carbocycles. The van der Waals surface area contributed by atoms with Gasteiger partial charge in [-0.05, 0) is 32.0 Å². The van der Waals surface area contributed by atoms with Crippen LogP contribution in [-0.4, -0.2) is 41.2 Å². The first kappa shape index (κ1) is 14.2. The maximum atomic E-state index is 4.80. The number of hydrogen-bond acceptors (Lipinski definition) is 5. The second kappa shape index (κ2) is 6.37. The summed E-state index contributed by atoms with van der Waals surface area (Å²) < 4.78 is 4.80. The molecule has 1 unspecified atom stereocenters. The molecule has 5 heteroatoms. The standard InChI is InChI=1S/C16H22N4O/c1-16(14-6-3-2-4-7-14)12-20(10-5-9-18-16)11-8-15-17-13-21-19-15/h2-4,6-7,13,18H,5,8-12H2,1H3. The fraction of sp³-hybridized carbons (Fsp3) is 0.500. The van der Waals surface area contributed by atoms with Gasteiger partial charge >= 0.3 is 0 Å². The highest BCUT2D eigenvalue weighted by molar-refractivity contribution is 5.24. The summed E-state index contributed by atoms with van der Waals surface area (Å²) in [5.74, 6) is 0.786. The summed E-state index contributed by atoms with van der Waals surface area (Å²) in [6.45, 7) is 6.39. The van der Waals surface area contributed by atoms with Gasteiger partial charge in [0.2, 0.25) is 6.39 Å². The molecule has 3 rings (SSSR count). The van der Waals surface area contributed by atoms with Crippen molar-refractivity contribution in [2.24, 2.45) is 0 Å². The van der Waals surface area contributed by atoms with Crippen molar-refractivity contribution in [3.8, 4) is 0 Å². The molecule has 0 radical (unpaired) electrons. The quantitative estimate of drug-likeness (QED) is 0.929. The summed E-state index contributed by atoms with van der Waals surface area (Å²) in [5.41, 5.74) is 1.34. The molecular formula is C16H22N4O. The highest BCUT2D eigenvalue weighted by Gasteiger charge is 2.30. The van der Waals surface area contributed by atoms with Gasteiger partial charge in [0.1, 0.15) is 0 Å². The van der Waals surface area contributed by atoms with E-state index in [-0.39, 0.29) is 5.54 Å². The lowest BCUT2D eigenvalue weighted by Crippen LogP contribution is -2.46. The summed E-state index contributed by atoms with van der Waals surface area (Å²) in [7, 11) is 0. The zero-order valence-corrected chi connectivity index (χ0v) is 12.5. The Morgan fingerprint density at radius 2 is 2.19 bits per heavy atom. The van der Waals surface area contributed by atoms with Crippen LogP contribution in [0.25, 0.3) is 0 Å². The molecule has 2 aromatic rings. The van der Waals surface area contributed by atoms with Crippen molar-refractivity contribution < 1.29 is 4.52 Å². The van der Waals surface area contributed by atoms with E-state index in [0.29, 0.717) is 0 Å². The number of nitrogens with one attached hydrogen (secondary N) is 1. The van der Waals surface area contributed by atoms with Gasteiger partial charge in [-0.3, -0.25) is 0 Å². The second-order valence-electron chi connectivity index (χ2n) is 5.85. The SMILES string of the molecule is CC1(c2ccccc2)CN(CCc2ncon2)CCCN1. The van der Waals surface area contributed by atoms with Gasteiger partial charge in [0.15, 0.2) is 5.82 Å². The van der Waals surface area contributed by atoms with Gasteiger partial charge in [-0.2, -0.15) is 4.98 Å². The maximum Gasteiger partial charge on any atom is 0.213 e. The Kier molecular flexibility index (Phi) is 4.31. The first-order valence-corrected chi connectivity index (χ1v) is 7.54. The Morgan fingerprint density at radius 1 is 1.33 bits per heavy atom. The molecule has 1 aromatic heterocycles. The molecule has 0 saturated carbocycles. The molecule has 1 fully saturated rings. The van der Waals surface area contributed by atoms with E-state index < -0.39 is 0 Å². The molecular weight excluding hydrogens is 264 g/mol. The number of nitrogens with zero attached hydrogens (tertiary/aromatic N) is 3. The zero-order chi connectivity index (χ0) is 14.5. The van der Waals surface area contributed by atoms with Crippen LogP contribution < -0.4 is 5.32 Å². The minimum atomic E-state index is -0.00495. The summed E-state index contributed by atoms with van der Waals surface area (Å²) in [4.78, 5) is 6.59. The fourth-order valence-corrected chi connectivity index (χ4v) is 3.00. The van der Waals surface area contributed by atoms with Crippen LogP contribution in [0.5, 0.6) is 0 Å². The Hall–Kier alpha value is -1.72. The lowest BCUT2D eigenvalue weighted by Gasteiger charge is -2.34. The predicted molar refractivity (Wildman–Crippen MR) is 80.9 cm³/mol. The molecule has 1 atom stereocenters. The molecule has 112 valence electrons. The Bertz CT molecular complexity index is 543. The van der Waals surface area contributed by atoms with Crippen molar-refractivity contribution >= 4 is 0 Å². The van der Waals surface area contributed by atoms with Crippen LogP contribution in [0.2, 0.25) is 0 Å². The molecule has 5 nitrogen and oxygen atoms in total. The third-order valence-corrected chi connectivity index (χ3v) is 4.18. The third kappa shape index (κ3) is 3.49. The van der Waals surface area contributed by atoms with Crippen molar-refractivity contribution in [2.75, 3.05) is 26.2 Å². The van der Waals surface area contributed by atoms with Crippen molar-refractivity contribution in [3.05, 3.63) is 48.1 Å². The van der Waals surface area contributed by atoms with Crippen LogP contribution in [-0.2, 0) is 12.0 Å². The van der Waals surface area contributed by atoms with Gasteiger partial charge in [-0.15, -0.1) is 0 Å². The van der Waals surface area contributed by atoms with Gasteiger partial charge < -0.3 is 14.7 Å². The van der Waals surface area contributed by atoms with Crippen LogP contribution in [0.3, 0.4) is 0 Å². The van der Waals surface area contributed by atoms with Gasteiger partial charge in [0, 0.05) is 19.5 Å². The molecule has 21 heavy (non-hydrogen) atoms. The topological polar surface area (TPSA) is 54.2 Å². The molecule has 0 amide bonds. The molecule has 2 heterocycles. The van der Waals surface area contributed by atoms with Crippen LogP contribution in [0.4, 0.5) is 0 Å². The van der Waals surface area contributed by atoms with Gasteiger partial charge in [-0.25, -0.2) is 0 Å². The Labute approximate surface area is 125 Å². The van der Waals surface area contributed by atoms with Gasteiger partial charge in [0.05, 0.1) is 5.54 Å². The summed E-state index contributed by atoms with van der Waals surface area (Å²) in [6, 6.07) is 10.7. The van der Waals surface area contributed by atoms with Gasteiger partial charge in [-0.1, -0.05) is 35.5 Å². The van der Waals surface area contributed by atoms with Crippen molar-refractivity contribution in [1.82, 2.24) is 20.4 Å². The molecule has 1 aliphatic rings. The summed E-state index contributed by atoms with van der Waals surface area (Å²) in [6.07, 6.45) is 3.39. The van der Waals surface area contributed by atoms with Crippen molar-refractivity contribution in [3.63, 3.8) is 0 Å². The van der Waals surface area contributed by atoms with Crippen LogP contribution in [0.1, 0.15) is 24.7 Å². The first-order chi connectivity index (χ1) is 10.3. The minimum Gasteiger partial charge on any atom is -0.343 e. The molecule has 1 saturated heterocycles. The summed E-state index contributed by atoms with van der Waals surface area (Å²) >= 11 is 0. The monoisotopic (exact) mass is 286 g/mol. The van der Waals surface area contributed by atoms with Crippen molar-refractivity contribution in [1.29, 1.82) is 0 Å². The van der Waals surface area contributed by atoms with Crippen LogP contribution >= 0.6 is 0 Å². The smallest absolute Gasteiger partial charge is 0.213 e. The lowest BCUT2D eigenvalue weighted by atomic mass is 9.91. The second-order valence-corrected chi connectivity index (χ2v) is 5.85.